The number of methoxy groups -OCH3 is 1. The quantitative estimate of drug-likeness (QED) is 0.338. The number of hydrogen-bond donors (Lipinski definition) is 3. The first-order chi connectivity index (χ1) is 12.1. The van der Waals surface area contributed by atoms with Crippen molar-refractivity contribution in [1.82, 2.24) is 5.32 Å². The fourth-order valence-corrected chi connectivity index (χ4v) is 1.98. The van der Waals surface area contributed by atoms with Crippen LogP contribution in [0.4, 0.5) is 11.4 Å². The van der Waals surface area contributed by atoms with Gasteiger partial charge in [0.15, 0.2) is 6.19 Å². The molecule has 0 aromatic heterocycles. The molecule has 0 saturated heterocycles. The van der Waals surface area contributed by atoms with Gasteiger partial charge in [-0.05, 0) is 30.3 Å². The highest BCUT2D eigenvalue weighted by Crippen LogP contribution is 2.24. The van der Waals surface area contributed by atoms with Gasteiger partial charge in [0.1, 0.15) is 11.8 Å². The number of guanidine groups is 1. The van der Waals surface area contributed by atoms with E-state index in [0.29, 0.717) is 22.7 Å². The van der Waals surface area contributed by atoms with E-state index in [4.69, 9.17) is 20.4 Å². The molecule has 0 spiro atoms. The number of carboxylic acid groups (broad SMARTS) is 1. The number of nitrogens with one attached hydrogen (secondary N) is 2. The minimum absolute atomic E-state index is 0.0943. The largest absolute Gasteiger partial charge is 0.495 e. The van der Waals surface area contributed by atoms with Gasteiger partial charge < -0.3 is 15.2 Å². The molecule has 3 N–H and O–H groups in total. The molecule has 0 fully saturated rings. The number of aromatic carboxylic acids is 1. The van der Waals surface area contributed by atoms with Gasteiger partial charge in [0.25, 0.3) is 0 Å². The van der Waals surface area contributed by atoms with Gasteiger partial charge in [0.2, 0.25) is 5.96 Å². The van der Waals surface area contributed by atoms with E-state index in [2.05, 4.69) is 15.6 Å². The molecule has 124 valence electrons. The van der Waals surface area contributed by atoms with Crippen molar-refractivity contribution in [3.8, 4) is 18.0 Å². The number of anilines is 1. The van der Waals surface area contributed by atoms with Crippen molar-refractivity contribution >= 4 is 23.3 Å². The molecule has 0 bridgehead atoms. The molecule has 0 amide bonds. The molecule has 0 aliphatic carbocycles. The number of carbonyl (C=O) groups is 1. The standard InChI is InChI=1S/C17H13N5O3/c1-25-15-8-14(6-5-12(15)9-18)22-17(20-10-19)21-13-4-2-3-11(7-13)16(23)24/h2-8H,1H3,(H,23,24)(H2,20,21,22). The van der Waals surface area contributed by atoms with E-state index >= 15 is 0 Å². The number of nitriles is 2. The van der Waals surface area contributed by atoms with Crippen LogP contribution >= 0.6 is 0 Å². The molecule has 0 heterocycles. The fraction of sp³-hybridized carbons (Fsp3) is 0.0588. The van der Waals surface area contributed by atoms with Crippen molar-refractivity contribution in [1.29, 1.82) is 10.5 Å². The molecule has 2 aromatic rings. The number of benzene rings is 2. The highest BCUT2D eigenvalue weighted by molar-refractivity contribution is 5.97. The maximum Gasteiger partial charge on any atom is 0.335 e. The third kappa shape index (κ3) is 4.47. The van der Waals surface area contributed by atoms with Crippen LogP contribution in [0.1, 0.15) is 15.9 Å². The Labute approximate surface area is 143 Å². The lowest BCUT2D eigenvalue weighted by molar-refractivity contribution is 0.0697. The van der Waals surface area contributed by atoms with E-state index in [1.165, 1.54) is 19.2 Å². The summed E-state index contributed by atoms with van der Waals surface area (Å²) in [5.41, 5.74) is 1.34. The topological polar surface area (TPSA) is 131 Å². The van der Waals surface area contributed by atoms with Crippen molar-refractivity contribution in [3.05, 3.63) is 53.6 Å². The lowest BCUT2D eigenvalue weighted by atomic mass is 10.2. The average Bonchev–Trinajstić information content (AvgIpc) is 2.62. The van der Waals surface area contributed by atoms with Crippen LogP contribution in [0.25, 0.3) is 0 Å². The van der Waals surface area contributed by atoms with Crippen LogP contribution in [-0.4, -0.2) is 24.1 Å². The maximum atomic E-state index is 11.0. The summed E-state index contributed by atoms with van der Waals surface area (Å²) in [5, 5.41) is 32.1. The van der Waals surface area contributed by atoms with Crippen molar-refractivity contribution in [3.63, 3.8) is 0 Å². The van der Waals surface area contributed by atoms with Gasteiger partial charge in [-0.3, -0.25) is 5.32 Å². The molecule has 2 rings (SSSR count). The highest BCUT2D eigenvalue weighted by atomic mass is 16.5. The first-order valence-electron chi connectivity index (χ1n) is 6.99. The third-order valence-electron chi connectivity index (χ3n) is 3.09. The van der Waals surface area contributed by atoms with Crippen LogP contribution in [0.5, 0.6) is 5.75 Å². The van der Waals surface area contributed by atoms with Gasteiger partial charge >= 0.3 is 5.97 Å². The van der Waals surface area contributed by atoms with Crippen LogP contribution in [0.2, 0.25) is 0 Å². The molecular weight excluding hydrogens is 322 g/mol. The zero-order chi connectivity index (χ0) is 18.2. The molecule has 8 heteroatoms. The summed E-state index contributed by atoms with van der Waals surface area (Å²) in [5.74, 6) is -0.614. The number of nitrogens with zero attached hydrogens (tertiary/aromatic N) is 3. The Morgan fingerprint density at radius 2 is 2.04 bits per heavy atom. The zero-order valence-corrected chi connectivity index (χ0v) is 13.1. The van der Waals surface area contributed by atoms with Crippen LogP contribution in [0.3, 0.4) is 0 Å². The lowest BCUT2D eigenvalue weighted by Gasteiger charge is -2.09. The smallest absolute Gasteiger partial charge is 0.335 e. The first-order valence-corrected chi connectivity index (χ1v) is 6.99. The Hall–Kier alpha value is -4.04. The van der Waals surface area contributed by atoms with Crippen LogP contribution in [0.15, 0.2) is 47.5 Å². The van der Waals surface area contributed by atoms with Gasteiger partial charge in [-0.15, -0.1) is 0 Å². The monoisotopic (exact) mass is 335 g/mol. The molecule has 2 aromatic carbocycles. The zero-order valence-electron chi connectivity index (χ0n) is 13.1. The Balaban J connectivity index is 2.33. The van der Waals surface area contributed by atoms with Gasteiger partial charge in [-0.1, -0.05) is 6.07 Å². The number of ether oxygens (including phenoxy) is 1. The highest BCUT2D eigenvalue weighted by Gasteiger charge is 2.07. The van der Waals surface area contributed by atoms with Crippen molar-refractivity contribution < 1.29 is 14.6 Å². The van der Waals surface area contributed by atoms with E-state index in [9.17, 15) is 4.79 Å². The maximum absolute atomic E-state index is 11.0. The summed E-state index contributed by atoms with van der Waals surface area (Å²) in [4.78, 5) is 15.3. The molecule has 25 heavy (non-hydrogen) atoms. The minimum Gasteiger partial charge on any atom is -0.495 e. The normalized spacial score (nSPS) is 10.3. The second-order valence-corrected chi connectivity index (χ2v) is 4.70. The van der Waals surface area contributed by atoms with Crippen molar-refractivity contribution in [2.24, 2.45) is 4.99 Å². The van der Waals surface area contributed by atoms with Crippen LogP contribution in [-0.2, 0) is 0 Å². The summed E-state index contributed by atoms with van der Waals surface area (Å²) in [6.45, 7) is 0. The third-order valence-corrected chi connectivity index (χ3v) is 3.09. The van der Waals surface area contributed by atoms with Crippen molar-refractivity contribution in [2.75, 3.05) is 12.4 Å². The molecule has 0 aliphatic heterocycles. The summed E-state index contributed by atoms with van der Waals surface area (Å²) >= 11 is 0. The van der Waals surface area contributed by atoms with Gasteiger partial charge in [-0.25, -0.2) is 9.79 Å². The Morgan fingerprint density at radius 3 is 2.68 bits per heavy atom. The Bertz CT molecular complexity index is 909. The summed E-state index contributed by atoms with van der Waals surface area (Å²) in [6.07, 6.45) is 1.75. The summed E-state index contributed by atoms with van der Waals surface area (Å²) in [6, 6.07) is 12.8. The van der Waals surface area contributed by atoms with Gasteiger partial charge in [0.05, 0.1) is 23.9 Å². The van der Waals surface area contributed by atoms with E-state index in [0.717, 1.165) is 0 Å². The number of rotatable bonds is 4. The Morgan fingerprint density at radius 1 is 1.24 bits per heavy atom. The number of hydrogen-bond acceptors (Lipinski definition) is 5. The molecular formula is C17H13N5O3. The predicted molar refractivity (Wildman–Crippen MR) is 90.6 cm³/mol. The van der Waals surface area contributed by atoms with E-state index in [-0.39, 0.29) is 11.5 Å². The molecule has 0 radical (unpaired) electrons. The molecule has 0 atom stereocenters. The van der Waals surface area contributed by atoms with E-state index in [1.807, 2.05) is 6.07 Å². The summed E-state index contributed by atoms with van der Waals surface area (Å²) < 4.78 is 5.12. The van der Waals surface area contributed by atoms with Gasteiger partial charge in [-0.2, -0.15) is 10.5 Å². The summed E-state index contributed by atoms with van der Waals surface area (Å²) in [7, 11) is 1.44. The predicted octanol–water partition coefficient (Wildman–Crippen LogP) is 2.44. The Kier molecular flexibility index (Phi) is 5.54. The van der Waals surface area contributed by atoms with Crippen molar-refractivity contribution in [2.45, 2.75) is 0 Å². The SMILES string of the molecule is COc1cc(N=C(NC#N)Nc2cccc(C(=O)O)c2)ccc1C#N. The van der Waals surface area contributed by atoms with Crippen LogP contribution < -0.4 is 15.4 Å². The average molecular weight is 335 g/mol. The molecule has 0 saturated carbocycles. The molecule has 0 unspecified atom stereocenters. The van der Waals surface area contributed by atoms with Gasteiger partial charge in [0, 0.05) is 11.8 Å². The molecule has 0 aliphatic rings. The lowest BCUT2D eigenvalue weighted by Crippen LogP contribution is -2.26. The minimum atomic E-state index is -1.06. The van der Waals surface area contributed by atoms with Crippen LogP contribution in [0, 0.1) is 22.8 Å². The molecule has 8 nitrogen and oxygen atoms in total. The second kappa shape index (κ2) is 7.99. The number of aliphatic imine (C=N–C) groups is 1. The van der Waals surface area contributed by atoms with E-state index < -0.39 is 5.97 Å². The second-order valence-electron chi connectivity index (χ2n) is 4.70. The van der Waals surface area contributed by atoms with E-state index in [1.54, 1.807) is 36.5 Å². The first kappa shape index (κ1) is 17.3. The number of carboxylic acids is 1. The fourth-order valence-electron chi connectivity index (χ4n) is 1.98.